The van der Waals surface area contributed by atoms with Crippen LogP contribution < -0.4 is 4.90 Å². The van der Waals surface area contributed by atoms with Crippen LogP contribution in [0.1, 0.15) is 63.7 Å². The zero-order chi connectivity index (χ0) is 18.4. The van der Waals surface area contributed by atoms with Crippen molar-refractivity contribution in [2.45, 2.75) is 63.5 Å². The lowest BCUT2D eigenvalue weighted by atomic mass is 9.71. The van der Waals surface area contributed by atoms with Crippen molar-refractivity contribution in [3.05, 3.63) is 29.8 Å². The molecule has 2 aliphatic rings. The second-order valence-corrected chi connectivity index (χ2v) is 10.1. The molecule has 4 nitrogen and oxygen atoms in total. The average Bonchev–Trinajstić information content (AvgIpc) is 2.77. The van der Waals surface area contributed by atoms with Crippen molar-refractivity contribution in [1.82, 2.24) is 0 Å². The van der Waals surface area contributed by atoms with E-state index in [1.807, 2.05) is 11.8 Å². The fourth-order valence-corrected chi connectivity index (χ4v) is 5.84. The monoisotopic (exact) mass is 361 g/mol. The molecule has 5 heteroatoms. The topological polar surface area (TPSA) is 57.6 Å². The number of aromatic carboxylic acids is 1. The minimum atomic E-state index is -0.942. The van der Waals surface area contributed by atoms with E-state index >= 15 is 0 Å². The van der Waals surface area contributed by atoms with Gasteiger partial charge < -0.3 is 5.11 Å². The van der Waals surface area contributed by atoms with Crippen molar-refractivity contribution >= 4 is 29.3 Å². The third-order valence-corrected chi connectivity index (χ3v) is 7.32. The lowest BCUT2D eigenvalue weighted by molar-refractivity contribution is -0.118. The molecule has 1 amide bonds. The van der Waals surface area contributed by atoms with E-state index in [-0.39, 0.29) is 21.6 Å². The molecule has 0 bridgehead atoms. The van der Waals surface area contributed by atoms with Crippen molar-refractivity contribution in [1.29, 1.82) is 0 Å². The number of carboxylic acid groups (broad SMARTS) is 1. The smallest absolute Gasteiger partial charge is 0.335 e. The van der Waals surface area contributed by atoms with Crippen molar-refractivity contribution < 1.29 is 14.7 Å². The van der Waals surface area contributed by atoms with E-state index in [1.54, 1.807) is 36.0 Å². The van der Waals surface area contributed by atoms with Gasteiger partial charge in [0.05, 0.1) is 15.7 Å². The number of carbonyl (C=O) groups excluding carboxylic acids is 1. The summed E-state index contributed by atoms with van der Waals surface area (Å²) in [6, 6.07) is 6.73. The zero-order valence-electron chi connectivity index (χ0n) is 15.4. The van der Waals surface area contributed by atoms with Crippen molar-refractivity contribution in [2.24, 2.45) is 11.3 Å². The van der Waals surface area contributed by atoms with Crippen molar-refractivity contribution in [3.8, 4) is 0 Å². The van der Waals surface area contributed by atoms with Gasteiger partial charge in [0.2, 0.25) is 5.91 Å². The number of thioether (sulfide) groups is 1. The van der Waals surface area contributed by atoms with Gasteiger partial charge >= 0.3 is 5.97 Å². The van der Waals surface area contributed by atoms with Gasteiger partial charge in [0.15, 0.2) is 0 Å². The van der Waals surface area contributed by atoms with Crippen molar-refractivity contribution in [2.75, 3.05) is 4.90 Å². The summed E-state index contributed by atoms with van der Waals surface area (Å²) in [5.41, 5.74) is 1.37. The Morgan fingerprint density at radius 1 is 1.20 bits per heavy atom. The van der Waals surface area contributed by atoms with E-state index in [0.717, 1.165) is 31.4 Å². The summed E-state index contributed by atoms with van der Waals surface area (Å²) >= 11 is 1.78. The van der Waals surface area contributed by atoms with Gasteiger partial charge in [-0.1, -0.05) is 20.8 Å². The van der Waals surface area contributed by atoms with Gasteiger partial charge in [-0.15, -0.1) is 11.8 Å². The number of hydrogen-bond donors (Lipinski definition) is 1. The molecule has 1 heterocycles. The third kappa shape index (κ3) is 3.31. The minimum Gasteiger partial charge on any atom is -0.478 e. The molecule has 2 fully saturated rings. The van der Waals surface area contributed by atoms with E-state index in [2.05, 4.69) is 20.8 Å². The fourth-order valence-electron chi connectivity index (χ4n) is 4.21. The Labute approximate surface area is 154 Å². The molecule has 1 aliphatic carbocycles. The largest absolute Gasteiger partial charge is 0.478 e. The number of hydrogen-bond acceptors (Lipinski definition) is 3. The van der Waals surface area contributed by atoms with Crippen LogP contribution in [-0.2, 0) is 4.79 Å². The second-order valence-electron chi connectivity index (χ2n) is 8.37. The molecule has 1 aromatic carbocycles. The first kappa shape index (κ1) is 18.3. The standard InChI is InChI=1S/C20H27NO3S/c1-13-17(22)21(16-7-5-14(6-8-16)18(23)24)20(25-13)11-9-15(10-12-20)19(2,3)4/h5-8,13,15H,9-12H2,1-4H3,(H,23,24)/t13-,15?,20?/m1/s1. The van der Waals surface area contributed by atoms with Crippen LogP contribution in [0.25, 0.3) is 0 Å². The molecule has 1 spiro atoms. The van der Waals surface area contributed by atoms with Gasteiger partial charge in [0.1, 0.15) is 0 Å². The number of anilines is 1. The van der Waals surface area contributed by atoms with Gasteiger partial charge in [0, 0.05) is 5.69 Å². The Kier molecular flexibility index (Phi) is 4.65. The maximum absolute atomic E-state index is 12.9. The zero-order valence-corrected chi connectivity index (χ0v) is 16.2. The highest BCUT2D eigenvalue weighted by atomic mass is 32.2. The van der Waals surface area contributed by atoms with E-state index < -0.39 is 5.97 Å². The summed E-state index contributed by atoms with van der Waals surface area (Å²) in [5, 5.41) is 9.05. The molecule has 3 rings (SSSR count). The van der Waals surface area contributed by atoms with Crippen LogP contribution in [-0.4, -0.2) is 27.1 Å². The van der Waals surface area contributed by atoms with Gasteiger partial charge in [-0.25, -0.2) is 4.79 Å². The first-order chi connectivity index (χ1) is 11.6. The molecular weight excluding hydrogens is 334 g/mol. The lowest BCUT2D eigenvalue weighted by Gasteiger charge is -2.45. The Hall–Kier alpha value is -1.49. The predicted molar refractivity (Wildman–Crippen MR) is 102 cm³/mol. The molecule has 0 radical (unpaired) electrons. The third-order valence-electron chi connectivity index (χ3n) is 5.74. The van der Waals surface area contributed by atoms with Crippen LogP contribution in [0, 0.1) is 11.3 Å². The van der Waals surface area contributed by atoms with Gasteiger partial charge in [-0.2, -0.15) is 0 Å². The molecule has 1 N–H and O–H groups in total. The summed E-state index contributed by atoms with van der Waals surface area (Å²) in [6.45, 7) is 8.88. The van der Waals surface area contributed by atoms with Crippen molar-refractivity contribution in [3.63, 3.8) is 0 Å². The van der Waals surface area contributed by atoms with Crippen LogP contribution in [0.5, 0.6) is 0 Å². The van der Waals surface area contributed by atoms with Crippen LogP contribution in [0.2, 0.25) is 0 Å². The minimum absolute atomic E-state index is 0.0506. The first-order valence-corrected chi connectivity index (χ1v) is 9.87. The number of benzene rings is 1. The van der Waals surface area contributed by atoms with Crippen LogP contribution in [0.4, 0.5) is 5.69 Å². The van der Waals surface area contributed by atoms with E-state index in [4.69, 9.17) is 5.11 Å². The van der Waals surface area contributed by atoms with Gasteiger partial charge in [0.25, 0.3) is 0 Å². The quantitative estimate of drug-likeness (QED) is 0.823. The molecular formula is C20H27NO3S. The SMILES string of the molecule is C[C@H]1SC2(CCC(C(C)(C)C)CC2)N(c2ccc(C(=O)O)cc2)C1=O. The second kappa shape index (κ2) is 6.35. The van der Waals surface area contributed by atoms with E-state index in [0.29, 0.717) is 11.3 Å². The summed E-state index contributed by atoms with van der Waals surface area (Å²) in [4.78, 5) is 25.7. The molecule has 1 saturated heterocycles. The summed E-state index contributed by atoms with van der Waals surface area (Å²) in [5.74, 6) is -0.120. The maximum atomic E-state index is 12.9. The van der Waals surface area contributed by atoms with E-state index in [1.165, 1.54) is 0 Å². The highest BCUT2D eigenvalue weighted by Crippen LogP contribution is 2.54. The predicted octanol–water partition coefficient (Wildman–Crippen LogP) is 4.79. The number of carboxylic acids is 1. The normalized spacial score (nSPS) is 30.1. The number of carbonyl (C=O) groups is 2. The molecule has 136 valence electrons. The van der Waals surface area contributed by atoms with Gasteiger partial charge in [-0.3, -0.25) is 9.69 Å². The Bertz CT molecular complexity index is 669. The van der Waals surface area contributed by atoms with Crippen LogP contribution in [0.15, 0.2) is 24.3 Å². The van der Waals surface area contributed by atoms with Gasteiger partial charge in [-0.05, 0) is 68.2 Å². The molecule has 25 heavy (non-hydrogen) atoms. The molecule has 1 saturated carbocycles. The Balaban J connectivity index is 1.88. The first-order valence-electron chi connectivity index (χ1n) is 8.99. The number of nitrogens with zero attached hydrogens (tertiary/aromatic N) is 1. The fraction of sp³-hybridized carbons (Fsp3) is 0.600. The maximum Gasteiger partial charge on any atom is 0.335 e. The molecule has 0 unspecified atom stereocenters. The average molecular weight is 362 g/mol. The molecule has 0 aromatic heterocycles. The summed E-state index contributed by atoms with van der Waals surface area (Å²) < 4.78 is 0. The molecule has 1 aliphatic heterocycles. The lowest BCUT2D eigenvalue weighted by Crippen LogP contribution is -2.48. The van der Waals surface area contributed by atoms with Crippen LogP contribution in [0.3, 0.4) is 0 Å². The highest BCUT2D eigenvalue weighted by Gasteiger charge is 2.52. The van der Waals surface area contributed by atoms with E-state index in [9.17, 15) is 9.59 Å². The summed E-state index contributed by atoms with van der Waals surface area (Å²) in [7, 11) is 0. The Morgan fingerprint density at radius 3 is 2.24 bits per heavy atom. The number of rotatable bonds is 2. The molecule has 1 aromatic rings. The Morgan fingerprint density at radius 2 is 1.76 bits per heavy atom. The van der Waals surface area contributed by atoms with Crippen LogP contribution >= 0.6 is 11.8 Å². The summed E-state index contributed by atoms with van der Waals surface area (Å²) in [6.07, 6.45) is 4.24. The highest BCUT2D eigenvalue weighted by molar-refractivity contribution is 8.02. The number of amides is 1. The molecule has 1 atom stereocenters.